The number of hydrogen-bond donors (Lipinski definition) is 1. The second kappa shape index (κ2) is 8.24. The maximum Gasteiger partial charge on any atom is 0.259 e. The third-order valence-corrected chi connectivity index (χ3v) is 4.69. The van der Waals surface area contributed by atoms with Gasteiger partial charge in [0.2, 0.25) is 0 Å². The summed E-state index contributed by atoms with van der Waals surface area (Å²) in [6, 6.07) is 19.4. The van der Waals surface area contributed by atoms with Gasteiger partial charge in [-0.3, -0.25) is 4.79 Å². The van der Waals surface area contributed by atoms with E-state index in [1.54, 1.807) is 20.1 Å². The Morgan fingerprint density at radius 2 is 1.86 bits per heavy atom. The van der Waals surface area contributed by atoms with Crippen molar-refractivity contribution < 1.29 is 14.1 Å². The van der Waals surface area contributed by atoms with E-state index in [0.29, 0.717) is 41.2 Å². The normalized spacial score (nSPS) is 11.0. The molecular formula is C23H21N3O3. The van der Waals surface area contributed by atoms with E-state index >= 15 is 0 Å². The molecule has 1 N–H and O–H groups in total. The molecule has 29 heavy (non-hydrogen) atoms. The van der Waals surface area contributed by atoms with Gasteiger partial charge in [-0.1, -0.05) is 59.8 Å². The molecule has 2 aromatic carbocycles. The minimum Gasteiger partial charge on any atom is -0.380 e. The zero-order valence-corrected chi connectivity index (χ0v) is 16.3. The summed E-state index contributed by atoms with van der Waals surface area (Å²) in [5.74, 6) is -0.196. The second-order valence-corrected chi connectivity index (χ2v) is 6.80. The summed E-state index contributed by atoms with van der Waals surface area (Å²) >= 11 is 0. The van der Waals surface area contributed by atoms with Crippen molar-refractivity contribution in [1.82, 2.24) is 15.5 Å². The van der Waals surface area contributed by atoms with Crippen molar-refractivity contribution in [2.45, 2.75) is 20.1 Å². The fourth-order valence-electron chi connectivity index (χ4n) is 3.30. The Morgan fingerprint density at radius 1 is 1.07 bits per heavy atom. The topological polar surface area (TPSA) is 77.2 Å². The monoisotopic (exact) mass is 387 g/mol. The van der Waals surface area contributed by atoms with Crippen molar-refractivity contribution in [1.29, 1.82) is 0 Å². The maximum atomic E-state index is 13.0. The number of rotatable bonds is 6. The van der Waals surface area contributed by atoms with Crippen LogP contribution in [-0.4, -0.2) is 23.2 Å². The molecule has 0 saturated heterocycles. The lowest BCUT2D eigenvalue weighted by Gasteiger charge is -2.09. The molecule has 0 bridgehead atoms. The Morgan fingerprint density at radius 3 is 2.66 bits per heavy atom. The van der Waals surface area contributed by atoms with E-state index in [-0.39, 0.29) is 5.91 Å². The molecule has 4 aromatic rings. The van der Waals surface area contributed by atoms with E-state index in [9.17, 15) is 4.79 Å². The number of methoxy groups -OCH3 is 1. The lowest BCUT2D eigenvalue weighted by atomic mass is 10.0. The molecule has 2 aromatic heterocycles. The summed E-state index contributed by atoms with van der Waals surface area (Å²) in [5, 5.41) is 7.62. The summed E-state index contributed by atoms with van der Waals surface area (Å²) in [7, 11) is 1.66. The van der Waals surface area contributed by atoms with Gasteiger partial charge in [0.1, 0.15) is 0 Å². The minimum atomic E-state index is -0.196. The van der Waals surface area contributed by atoms with Crippen molar-refractivity contribution in [3.8, 4) is 11.3 Å². The van der Waals surface area contributed by atoms with Crippen LogP contribution in [0.3, 0.4) is 0 Å². The highest BCUT2D eigenvalue weighted by molar-refractivity contribution is 6.06. The molecule has 0 aliphatic heterocycles. The van der Waals surface area contributed by atoms with Gasteiger partial charge >= 0.3 is 0 Å². The van der Waals surface area contributed by atoms with Crippen molar-refractivity contribution in [3.63, 3.8) is 0 Å². The van der Waals surface area contributed by atoms with Crippen LogP contribution in [0.5, 0.6) is 0 Å². The predicted octanol–water partition coefficient (Wildman–Crippen LogP) is 4.27. The largest absolute Gasteiger partial charge is 0.380 e. The van der Waals surface area contributed by atoms with Gasteiger partial charge in [0.25, 0.3) is 11.6 Å². The number of aromatic nitrogens is 2. The minimum absolute atomic E-state index is 0.196. The molecule has 6 nitrogen and oxygen atoms in total. The number of carbonyl (C=O) groups is 1. The van der Waals surface area contributed by atoms with Gasteiger partial charge in [0.05, 0.1) is 28.9 Å². The van der Waals surface area contributed by atoms with Crippen LogP contribution < -0.4 is 5.32 Å². The zero-order chi connectivity index (χ0) is 20.2. The Labute approximate surface area is 168 Å². The Kier molecular flexibility index (Phi) is 5.35. The molecule has 1 amide bonds. The average molecular weight is 387 g/mol. The van der Waals surface area contributed by atoms with Crippen LogP contribution in [0.1, 0.15) is 27.2 Å². The van der Waals surface area contributed by atoms with Gasteiger partial charge < -0.3 is 14.6 Å². The van der Waals surface area contributed by atoms with Gasteiger partial charge in [-0.2, -0.15) is 0 Å². The van der Waals surface area contributed by atoms with Gasteiger partial charge in [0.15, 0.2) is 0 Å². The van der Waals surface area contributed by atoms with Crippen molar-refractivity contribution in [2.75, 3.05) is 7.11 Å². The Bertz CT molecular complexity index is 1150. The molecule has 0 saturated carbocycles. The van der Waals surface area contributed by atoms with E-state index in [1.165, 1.54) is 0 Å². The van der Waals surface area contributed by atoms with Crippen LogP contribution in [0.15, 0.2) is 65.2 Å². The molecule has 146 valence electrons. The number of pyridine rings is 1. The highest BCUT2D eigenvalue weighted by Gasteiger charge is 2.19. The average Bonchev–Trinajstić information content (AvgIpc) is 3.13. The number of amides is 1. The van der Waals surface area contributed by atoms with Crippen LogP contribution in [0.2, 0.25) is 0 Å². The first-order valence-electron chi connectivity index (χ1n) is 9.33. The van der Waals surface area contributed by atoms with Crippen molar-refractivity contribution >= 4 is 17.0 Å². The predicted molar refractivity (Wildman–Crippen MR) is 110 cm³/mol. The zero-order valence-electron chi connectivity index (χ0n) is 16.3. The molecule has 6 heteroatoms. The quantitative estimate of drug-likeness (QED) is 0.534. The number of fused-ring (bicyclic) bond motifs is 1. The van der Waals surface area contributed by atoms with Crippen LogP contribution >= 0.6 is 0 Å². The molecule has 0 unspecified atom stereocenters. The van der Waals surface area contributed by atoms with Gasteiger partial charge in [0, 0.05) is 19.2 Å². The fraction of sp³-hybridized carbons (Fsp3) is 0.174. The van der Waals surface area contributed by atoms with Crippen LogP contribution in [-0.2, 0) is 17.9 Å². The number of ether oxygens (including phenoxy) is 1. The fourth-order valence-corrected chi connectivity index (χ4v) is 3.30. The summed E-state index contributed by atoms with van der Waals surface area (Å²) in [4.78, 5) is 17.6. The number of nitrogens with one attached hydrogen (secondary N) is 1. The third kappa shape index (κ3) is 4.02. The second-order valence-electron chi connectivity index (χ2n) is 6.80. The lowest BCUT2D eigenvalue weighted by molar-refractivity contribution is 0.0952. The molecule has 4 rings (SSSR count). The molecule has 0 aliphatic carbocycles. The third-order valence-electron chi connectivity index (χ3n) is 4.69. The highest BCUT2D eigenvalue weighted by Crippen LogP contribution is 2.27. The molecular weight excluding hydrogens is 366 g/mol. The molecule has 0 fully saturated rings. The van der Waals surface area contributed by atoms with E-state index in [0.717, 1.165) is 16.7 Å². The molecule has 0 spiro atoms. The molecule has 0 aliphatic rings. The number of nitrogens with zero attached hydrogens (tertiary/aromatic N) is 2. The van der Waals surface area contributed by atoms with E-state index < -0.39 is 0 Å². The number of aryl methyl sites for hydroxylation is 1. The van der Waals surface area contributed by atoms with Gasteiger partial charge in [-0.25, -0.2) is 4.98 Å². The summed E-state index contributed by atoms with van der Waals surface area (Å²) < 4.78 is 10.5. The van der Waals surface area contributed by atoms with E-state index in [2.05, 4.69) is 15.5 Å². The maximum absolute atomic E-state index is 13.0. The van der Waals surface area contributed by atoms with Gasteiger partial charge in [-0.05, 0) is 24.1 Å². The van der Waals surface area contributed by atoms with E-state index in [1.807, 2.05) is 54.6 Å². The highest BCUT2D eigenvalue weighted by atomic mass is 16.5. The first-order chi connectivity index (χ1) is 14.2. The SMILES string of the molecule is COCc1cccc(CNC(=O)c2cc(-c3ccccc3)nc3onc(C)c23)c1. The van der Waals surface area contributed by atoms with Crippen LogP contribution in [0.25, 0.3) is 22.4 Å². The van der Waals surface area contributed by atoms with Crippen molar-refractivity contribution in [2.24, 2.45) is 0 Å². The van der Waals surface area contributed by atoms with Crippen LogP contribution in [0.4, 0.5) is 0 Å². The molecule has 0 radical (unpaired) electrons. The Balaban J connectivity index is 1.64. The molecule has 0 atom stereocenters. The standard InChI is InChI=1S/C23H21N3O3/c1-15-21-19(22(27)24-13-16-7-6-8-17(11-16)14-28-2)12-20(25-23(21)29-26-15)18-9-4-3-5-10-18/h3-12H,13-14H2,1-2H3,(H,24,27). The first kappa shape index (κ1) is 18.8. The first-order valence-corrected chi connectivity index (χ1v) is 9.33. The number of carbonyl (C=O) groups excluding carboxylic acids is 1. The Hall–Kier alpha value is -3.51. The van der Waals surface area contributed by atoms with Crippen LogP contribution in [0, 0.1) is 6.92 Å². The summed E-state index contributed by atoms with van der Waals surface area (Å²) in [5.41, 5.74) is 5.14. The summed E-state index contributed by atoms with van der Waals surface area (Å²) in [6.07, 6.45) is 0. The number of hydrogen-bond acceptors (Lipinski definition) is 5. The number of benzene rings is 2. The smallest absolute Gasteiger partial charge is 0.259 e. The van der Waals surface area contributed by atoms with Gasteiger partial charge in [-0.15, -0.1) is 0 Å². The van der Waals surface area contributed by atoms with Crippen molar-refractivity contribution in [3.05, 3.63) is 83.0 Å². The lowest BCUT2D eigenvalue weighted by Crippen LogP contribution is -2.23. The van der Waals surface area contributed by atoms with E-state index in [4.69, 9.17) is 9.26 Å². The summed E-state index contributed by atoms with van der Waals surface area (Å²) in [6.45, 7) is 2.75. The molecule has 2 heterocycles.